The Morgan fingerprint density at radius 1 is 0.722 bits per heavy atom. The first kappa shape index (κ1) is 17.1. The minimum Gasteiger partial charge on any atom is -0.262 e. The summed E-state index contributed by atoms with van der Waals surface area (Å²) < 4.78 is -3.24. The number of alkyl halides is 6. The number of imide groups is 2. The fourth-order valence-corrected chi connectivity index (χ4v) is 3.15. The quantitative estimate of drug-likeness (QED) is 0.299. The van der Waals surface area contributed by atoms with Crippen molar-refractivity contribution in [1.29, 1.82) is 0 Å². The average Bonchev–Trinajstić information content (AvgIpc) is 2.31. The number of rotatable bonds is 2. The highest BCUT2D eigenvalue weighted by molar-refractivity contribution is 8.05. The van der Waals surface area contributed by atoms with E-state index < -0.39 is 24.1 Å². The molecule has 0 spiro atoms. The molecule has 0 aromatic carbocycles. The van der Waals surface area contributed by atoms with Gasteiger partial charge in [-0.15, -0.1) is 0 Å². The van der Waals surface area contributed by atoms with Crippen LogP contribution in [0.3, 0.4) is 0 Å². The van der Waals surface area contributed by atoms with Crippen LogP contribution in [0.1, 0.15) is 0 Å². The zero-order valence-electron chi connectivity index (χ0n) is 7.70. The molecule has 1 heterocycles. The van der Waals surface area contributed by atoms with E-state index in [4.69, 9.17) is 69.6 Å². The summed E-state index contributed by atoms with van der Waals surface area (Å²) in [6.07, 6.45) is 0. The highest BCUT2D eigenvalue weighted by Crippen LogP contribution is 2.47. The second kappa shape index (κ2) is 5.81. The zero-order valence-corrected chi connectivity index (χ0v) is 13.9. The third-order valence-corrected chi connectivity index (χ3v) is 3.95. The predicted octanol–water partition coefficient (Wildman–Crippen LogP) is 3.73. The summed E-state index contributed by atoms with van der Waals surface area (Å²) in [5.74, 6) is -2.39. The first-order valence-electron chi connectivity index (χ1n) is 3.66. The SMILES string of the molecule is O=C1C(=O)N(SC(Cl)(Cl)Cl)C(=O)N1SC(Cl)(Cl)Cl. The van der Waals surface area contributed by atoms with Crippen LogP contribution in [0.15, 0.2) is 0 Å². The molecule has 5 nitrogen and oxygen atoms in total. The van der Waals surface area contributed by atoms with Gasteiger partial charge in [-0.1, -0.05) is 69.6 Å². The van der Waals surface area contributed by atoms with Crippen LogP contribution < -0.4 is 0 Å². The normalized spacial score (nSPS) is 18.0. The summed E-state index contributed by atoms with van der Waals surface area (Å²) in [5.41, 5.74) is 0. The maximum Gasteiger partial charge on any atom is 0.355 e. The van der Waals surface area contributed by atoms with Crippen LogP contribution in [-0.2, 0) is 9.59 Å². The minimum atomic E-state index is -1.99. The van der Waals surface area contributed by atoms with Gasteiger partial charge < -0.3 is 0 Å². The lowest BCUT2D eigenvalue weighted by molar-refractivity contribution is -0.139. The van der Waals surface area contributed by atoms with Gasteiger partial charge >= 0.3 is 17.8 Å². The molecule has 0 aliphatic carbocycles. The van der Waals surface area contributed by atoms with Crippen molar-refractivity contribution >= 4 is 111 Å². The van der Waals surface area contributed by atoms with Crippen molar-refractivity contribution in [3.63, 3.8) is 0 Å². The number of hydrogen-bond donors (Lipinski definition) is 0. The van der Waals surface area contributed by atoms with Gasteiger partial charge in [0, 0.05) is 23.9 Å². The van der Waals surface area contributed by atoms with Crippen LogP contribution >= 0.6 is 93.5 Å². The Balaban J connectivity index is 2.91. The van der Waals surface area contributed by atoms with E-state index in [1.54, 1.807) is 0 Å². The summed E-state index contributed by atoms with van der Waals surface area (Å²) in [7, 11) is 0. The van der Waals surface area contributed by atoms with Crippen LogP contribution in [0.2, 0.25) is 0 Å². The second-order valence-electron chi connectivity index (χ2n) is 2.56. The fourth-order valence-electron chi connectivity index (χ4n) is 0.798. The van der Waals surface area contributed by atoms with Crippen molar-refractivity contribution in [2.24, 2.45) is 0 Å². The van der Waals surface area contributed by atoms with Gasteiger partial charge in [-0.25, -0.2) is 4.79 Å². The van der Waals surface area contributed by atoms with E-state index in [1.807, 2.05) is 0 Å². The molecule has 0 aromatic heterocycles. The molecular formula is C5Cl6N2O3S2. The molecule has 4 amide bonds. The summed E-state index contributed by atoms with van der Waals surface area (Å²) >= 11 is 32.9. The van der Waals surface area contributed by atoms with Crippen LogP contribution in [0, 0.1) is 0 Å². The maximum absolute atomic E-state index is 11.7. The number of nitrogens with zero attached hydrogens (tertiary/aromatic N) is 2. The average molecular weight is 413 g/mol. The molecule has 0 N–H and O–H groups in total. The Morgan fingerprint density at radius 2 is 1.00 bits per heavy atom. The molecule has 1 aliphatic rings. The number of halogens is 6. The van der Waals surface area contributed by atoms with Crippen LogP contribution in [0.5, 0.6) is 0 Å². The fraction of sp³-hybridized carbons (Fsp3) is 0.400. The molecule has 0 bridgehead atoms. The lowest BCUT2D eigenvalue weighted by Gasteiger charge is -2.18. The van der Waals surface area contributed by atoms with Crippen LogP contribution in [-0.4, -0.2) is 32.7 Å². The first-order valence-corrected chi connectivity index (χ1v) is 7.48. The largest absolute Gasteiger partial charge is 0.355 e. The topological polar surface area (TPSA) is 57.7 Å². The van der Waals surface area contributed by atoms with Crippen molar-refractivity contribution in [3.05, 3.63) is 0 Å². The lowest BCUT2D eigenvalue weighted by atomic mass is 10.6. The number of carbonyl (C=O) groups excluding carboxylic acids is 3. The third kappa shape index (κ3) is 4.56. The van der Waals surface area contributed by atoms with E-state index in [0.29, 0.717) is 8.61 Å². The maximum atomic E-state index is 11.7. The van der Waals surface area contributed by atoms with E-state index >= 15 is 0 Å². The van der Waals surface area contributed by atoms with Crippen molar-refractivity contribution < 1.29 is 14.4 Å². The third-order valence-electron chi connectivity index (χ3n) is 1.29. The summed E-state index contributed by atoms with van der Waals surface area (Å²) in [6.45, 7) is 0. The molecule has 18 heavy (non-hydrogen) atoms. The molecule has 1 aliphatic heterocycles. The van der Waals surface area contributed by atoms with Crippen molar-refractivity contribution in [2.45, 2.75) is 6.25 Å². The smallest absolute Gasteiger partial charge is 0.262 e. The summed E-state index contributed by atoms with van der Waals surface area (Å²) in [4.78, 5) is 34.6. The standard InChI is InChI=1S/C5Cl6N2O3S2/c6-4(7,8)17-12-1(14)2(15)13(3(12)16)18-5(9,10)11. The molecule has 1 saturated heterocycles. The van der Waals surface area contributed by atoms with E-state index in [9.17, 15) is 14.4 Å². The first-order chi connectivity index (χ1) is 7.92. The van der Waals surface area contributed by atoms with Crippen LogP contribution in [0.25, 0.3) is 0 Å². The second-order valence-corrected chi connectivity index (χ2v) is 10.8. The number of hydrogen-bond acceptors (Lipinski definition) is 5. The van der Waals surface area contributed by atoms with Gasteiger partial charge in [-0.2, -0.15) is 8.61 Å². The Morgan fingerprint density at radius 3 is 1.22 bits per heavy atom. The number of urea groups is 1. The van der Waals surface area contributed by atoms with E-state index in [0.717, 1.165) is 0 Å². The van der Waals surface area contributed by atoms with Gasteiger partial charge in [0.15, 0.2) is 0 Å². The van der Waals surface area contributed by atoms with Crippen LogP contribution in [0.4, 0.5) is 4.79 Å². The summed E-state index contributed by atoms with van der Waals surface area (Å²) in [6, 6.07) is -1.07. The molecule has 0 saturated carbocycles. The monoisotopic (exact) mass is 410 g/mol. The minimum absolute atomic E-state index is 0.240. The van der Waals surface area contributed by atoms with Gasteiger partial charge in [0.1, 0.15) is 0 Å². The molecule has 0 aromatic rings. The van der Waals surface area contributed by atoms with Crippen molar-refractivity contribution in [2.75, 3.05) is 0 Å². The molecule has 102 valence electrons. The van der Waals surface area contributed by atoms with Gasteiger partial charge in [-0.05, 0) is 0 Å². The number of carbonyl (C=O) groups is 3. The molecule has 1 fully saturated rings. The van der Waals surface area contributed by atoms with Gasteiger partial charge in [0.25, 0.3) is 6.25 Å². The molecular weight excluding hydrogens is 413 g/mol. The van der Waals surface area contributed by atoms with E-state index in [-0.39, 0.29) is 23.9 Å². The van der Waals surface area contributed by atoms with E-state index in [2.05, 4.69) is 0 Å². The van der Waals surface area contributed by atoms with E-state index in [1.165, 1.54) is 0 Å². The Kier molecular flexibility index (Phi) is 5.52. The Hall–Kier alpha value is 1.05. The molecule has 13 heteroatoms. The van der Waals surface area contributed by atoms with Gasteiger partial charge in [-0.3, -0.25) is 9.59 Å². The summed E-state index contributed by atoms with van der Waals surface area (Å²) in [5, 5.41) is 0. The lowest BCUT2D eigenvalue weighted by Crippen LogP contribution is -2.28. The molecule has 0 radical (unpaired) electrons. The molecule has 1 rings (SSSR count). The van der Waals surface area contributed by atoms with Crippen molar-refractivity contribution in [1.82, 2.24) is 8.61 Å². The molecule has 0 unspecified atom stereocenters. The van der Waals surface area contributed by atoms with Gasteiger partial charge in [0.2, 0.25) is 0 Å². The van der Waals surface area contributed by atoms with Gasteiger partial charge in [0.05, 0.1) is 0 Å². The number of amides is 4. The molecule has 0 atom stereocenters. The zero-order chi connectivity index (χ0) is 14.3. The van der Waals surface area contributed by atoms with Crippen molar-refractivity contribution in [3.8, 4) is 0 Å². The highest BCUT2D eigenvalue weighted by Gasteiger charge is 2.51. The highest BCUT2D eigenvalue weighted by atomic mass is 35.6. The predicted molar refractivity (Wildman–Crippen MR) is 74.8 cm³/mol. The Labute approximate surface area is 140 Å². The Bertz CT molecular complexity index is 371.